The van der Waals surface area contributed by atoms with Crippen molar-refractivity contribution in [3.05, 3.63) is 0 Å². The van der Waals surface area contributed by atoms with Gasteiger partial charge >= 0.3 is 0 Å². The van der Waals surface area contributed by atoms with E-state index in [9.17, 15) is 0 Å². The van der Waals surface area contributed by atoms with Crippen LogP contribution in [0.2, 0.25) is 0 Å². The third kappa shape index (κ3) is 11.9. The van der Waals surface area contributed by atoms with Gasteiger partial charge in [0.15, 0.2) is 0 Å². The van der Waals surface area contributed by atoms with Gasteiger partial charge in [-0.3, -0.25) is 4.79 Å². The van der Waals surface area contributed by atoms with Crippen molar-refractivity contribution in [2.45, 2.75) is 65.7 Å². The smallest absolute Gasteiger partial charge is 0.300 e. The highest BCUT2D eigenvalue weighted by atomic mass is 16.4. The van der Waals surface area contributed by atoms with Crippen molar-refractivity contribution in [3.8, 4) is 0 Å². The topological polar surface area (TPSA) is 40.5 Å². The van der Waals surface area contributed by atoms with Gasteiger partial charge in [0.05, 0.1) is 0 Å². The molecule has 1 aliphatic rings. The van der Waals surface area contributed by atoms with Crippen molar-refractivity contribution in [2.24, 2.45) is 5.92 Å². The number of piperidine rings is 1. The minimum absolute atomic E-state index is 0.833. The zero-order chi connectivity index (χ0) is 13.8. The maximum atomic E-state index is 9.00. The summed E-state index contributed by atoms with van der Waals surface area (Å²) >= 11 is 0. The van der Waals surface area contributed by atoms with Gasteiger partial charge in [0.2, 0.25) is 0 Å². The van der Waals surface area contributed by atoms with Gasteiger partial charge in [0, 0.05) is 6.92 Å². The zero-order valence-electron chi connectivity index (χ0n) is 12.5. The summed E-state index contributed by atoms with van der Waals surface area (Å²) in [7, 11) is 0. The van der Waals surface area contributed by atoms with Gasteiger partial charge in [-0.05, 0) is 44.8 Å². The zero-order valence-corrected chi connectivity index (χ0v) is 12.5. The monoisotopic (exact) mass is 257 g/mol. The molecule has 1 saturated heterocycles. The fourth-order valence-electron chi connectivity index (χ4n) is 2.22. The molecule has 108 valence electrons. The van der Waals surface area contributed by atoms with E-state index in [2.05, 4.69) is 18.7 Å². The first kappa shape index (κ1) is 17.4. The van der Waals surface area contributed by atoms with Crippen molar-refractivity contribution >= 4 is 5.97 Å². The number of rotatable bonds is 6. The second kappa shape index (κ2) is 11.5. The minimum Gasteiger partial charge on any atom is -0.481 e. The molecule has 1 fully saturated rings. The van der Waals surface area contributed by atoms with Crippen LogP contribution in [-0.4, -0.2) is 35.6 Å². The Hall–Kier alpha value is -0.570. The van der Waals surface area contributed by atoms with Crippen LogP contribution >= 0.6 is 0 Å². The van der Waals surface area contributed by atoms with Gasteiger partial charge in [0.25, 0.3) is 5.97 Å². The summed E-state index contributed by atoms with van der Waals surface area (Å²) in [6.07, 6.45) is 9.96. The summed E-state index contributed by atoms with van der Waals surface area (Å²) in [6, 6.07) is 0. The molecular formula is C15H31NO2. The van der Waals surface area contributed by atoms with E-state index in [1.54, 1.807) is 0 Å². The summed E-state index contributed by atoms with van der Waals surface area (Å²) < 4.78 is 0. The van der Waals surface area contributed by atoms with E-state index >= 15 is 0 Å². The van der Waals surface area contributed by atoms with Crippen LogP contribution in [-0.2, 0) is 4.79 Å². The lowest BCUT2D eigenvalue weighted by Crippen LogP contribution is -2.33. The van der Waals surface area contributed by atoms with E-state index in [4.69, 9.17) is 9.90 Å². The molecule has 0 bridgehead atoms. The molecule has 3 nitrogen and oxygen atoms in total. The second-order valence-electron chi connectivity index (χ2n) is 5.46. The average Bonchev–Trinajstić information content (AvgIpc) is 2.30. The average molecular weight is 257 g/mol. The van der Waals surface area contributed by atoms with Crippen LogP contribution in [0.25, 0.3) is 0 Å². The third-order valence-electron chi connectivity index (χ3n) is 3.45. The molecule has 0 aromatic carbocycles. The van der Waals surface area contributed by atoms with Crippen LogP contribution in [0, 0.1) is 5.92 Å². The van der Waals surface area contributed by atoms with E-state index in [-0.39, 0.29) is 0 Å². The Morgan fingerprint density at radius 2 is 1.67 bits per heavy atom. The molecule has 0 radical (unpaired) electrons. The molecule has 0 unspecified atom stereocenters. The lowest BCUT2D eigenvalue weighted by atomic mass is 9.99. The van der Waals surface area contributed by atoms with E-state index in [1.165, 1.54) is 64.6 Å². The van der Waals surface area contributed by atoms with Crippen molar-refractivity contribution in [2.75, 3.05) is 19.6 Å². The van der Waals surface area contributed by atoms with Crippen LogP contribution in [0.3, 0.4) is 0 Å². The highest BCUT2D eigenvalue weighted by Gasteiger charge is 2.14. The number of unbranched alkanes of at least 4 members (excludes halogenated alkanes) is 4. The Bertz CT molecular complexity index is 195. The second-order valence-corrected chi connectivity index (χ2v) is 5.46. The lowest BCUT2D eigenvalue weighted by molar-refractivity contribution is -0.134. The number of hydrogen-bond donors (Lipinski definition) is 1. The van der Waals surface area contributed by atoms with Gasteiger partial charge in [-0.25, -0.2) is 0 Å². The molecule has 1 N–H and O–H groups in total. The number of carbonyl (C=O) groups is 1. The van der Waals surface area contributed by atoms with E-state index in [1.807, 2.05) is 0 Å². The number of hydrogen-bond acceptors (Lipinski definition) is 2. The number of aliphatic carboxylic acids is 1. The standard InChI is InChI=1S/C13H27N.C2H4O2/c1-3-4-5-6-7-10-14-11-8-13(2)9-12-14;1-2(3)4/h13H,3-12H2,1-2H3;1H3,(H,3,4). The molecule has 0 atom stereocenters. The number of likely N-dealkylation sites (tertiary alicyclic amines) is 1. The van der Waals surface area contributed by atoms with Crippen LogP contribution in [0.15, 0.2) is 0 Å². The molecule has 1 heterocycles. The number of carboxylic acids is 1. The summed E-state index contributed by atoms with van der Waals surface area (Å²) in [5.74, 6) is 0.145. The molecule has 0 aromatic rings. The predicted molar refractivity (Wildman–Crippen MR) is 76.9 cm³/mol. The van der Waals surface area contributed by atoms with Gasteiger partial charge in [-0.2, -0.15) is 0 Å². The lowest BCUT2D eigenvalue weighted by Gasteiger charge is -2.30. The molecule has 0 aromatic heterocycles. The van der Waals surface area contributed by atoms with Gasteiger partial charge in [0.1, 0.15) is 0 Å². The molecule has 1 rings (SSSR count). The van der Waals surface area contributed by atoms with E-state index < -0.39 is 5.97 Å². The first-order valence-electron chi connectivity index (χ1n) is 7.48. The fourth-order valence-corrected chi connectivity index (χ4v) is 2.22. The van der Waals surface area contributed by atoms with E-state index in [0.717, 1.165) is 12.8 Å². The van der Waals surface area contributed by atoms with Crippen molar-refractivity contribution in [3.63, 3.8) is 0 Å². The molecular weight excluding hydrogens is 226 g/mol. The minimum atomic E-state index is -0.833. The third-order valence-corrected chi connectivity index (χ3v) is 3.45. The number of carboxylic acid groups (broad SMARTS) is 1. The van der Waals surface area contributed by atoms with Crippen LogP contribution in [0.5, 0.6) is 0 Å². The van der Waals surface area contributed by atoms with Gasteiger partial charge in [-0.1, -0.05) is 39.5 Å². The quantitative estimate of drug-likeness (QED) is 0.736. The Morgan fingerprint density at radius 3 is 2.17 bits per heavy atom. The van der Waals surface area contributed by atoms with Crippen LogP contribution in [0.4, 0.5) is 0 Å². The molecule has 0 saturated carbocycles. The molecule has 3 heteroatoms. The Morgan fingerprint density at radius 1 is 1.17 bits per heavy atom. The summed E-state index contributed by atoms with van der Waals surface area (Å²) in [5, 5.41) is 7.42. The number of nitrogens with zero attached hydrogens (tertiary/aromatic N) is 1. The highest BCUT2D eigenvalue weighted by Crippen LogP contribution is 2.16. The summed E-state index contributed by atoms with van der Waals surface area (Å²) in [6.45, 7) is 9.82. The Labute approximate surface area is 113 Å². The molecule has 18 heavy (non-hydrogen) atoms. The first-order chi connectivity index (χ1) is 8.56. The summed E-state index contributed by atoms with van der Waals surface area (Å²) in [5.41, 5.74) is 0. The van der Waals surface area contributed by atoms with E-state index in [0.29, 0.717) is 0 Å². The van der Waals surface area contributed by atoms with Crippen molar-refractivity contribution in [1.82, 2.24) is 4.90 Å². The Kier molecular flexibility index (Phi) is 11.2. The van der Waals surface area contributed by atoms with Crippen molar-refractivity contribution in [1.29, 1.82) is 0 Å². The molecule has 1 aliphatic heterocycles. The van der Waals surface area contributed by atoms with Crippen molar-refractivity contribution < 1.29 is 9.90 Å². The predicted octanol–water partition coefficient (Wildman–Crippen LogP) is 3.78. The van der Waals surface area contributed by atoms with Crippen LogP contribution in [0.1, 0.15) is 65.7 Å². The summed E-state index contributed by atoms with van der Waals surface area (Å²) in [4.78, 5) is 11.7. The maximum Gasteiger partial charge on any atom is 0.300 e. The van der Waals surface area contributed by atoms with Gasteiger partial charge in [-0.15, -0.1) is 0 Å². The molecule has 0 aliphatic carbocycles. The first-order valence-corrected chi connectivity index (χ1v) is 7.48. The Balaban J connectivity index is 0.000000631. The molecule has 0 spiro atoms. The molecule has 0 amide bonds. The largest absolute Gasteiger partial charge is 0.481 e. The van der Waals surface area contributed by atoms with Crippen LogP contribution < -0.4 is 0 Å². The van der Waals surface area contributed by atoms with Gasteiger partial charge < -0.3 is 10.0 Å². The SMILES string of the molecule is CC(=O)O.CCCCCCCN1CCC(C)CC1. The highest BCUT2D eigenvalue weighted by molar-refractivity contribution is 5.62. The fraction of sp³-hybridized carbons (Fsp3) is 0.933. The normalized spacial score (nSPS) is 17.1. The maximum absolute atomic E-state index is 9.00.